The van der Waals surface area contributed by atoms with Crippen molar-refractivity contribution in [1.29, 1.82) is 0 Å². The van der Waals surface area contributed by atoms with Crippen molar-refractivity contribution >= 4 is 23.5 Å². The van der Waals surface area contributed by atoms with Gasteiger partial charge in [-0.15, -0.1) is 0 Å². The molecule has 0 N–H and O–H groups in total. The Morgan fingerprint density at radius 3 is 2.39 bits per heavy atom. The first kappa shape index (κ1) is 25.3. The Morgan fingerprint density at radius 2 is 1.81 bits per heavy atom. The third-order valence-electron chi connectivity index (χ3n) is 8.66. The first-order chi connectivity index (χ1) is 17.0. The van der Waals surface area contributed by atoms with Crippen LogP contribution in [0.5, 0.6) is 5.75 Å². The van der Waals surface area contributed by atoms with Gasteiger partial charge in [-0.1, -0.05) is 11.6 Å². The summed E-state index contributed by atoms with van der Waals surface area (Å²) in [6.07, 6.45) is 6.69. The van der Waals surface area contributed by atoms with E-state index in [-0.39, 0.29) is 22.9 Å². The molecule has 4 saturated carbocycles. The summed E-state index contributed by atoms with van der Waals surface area (Å²) in [6, 6.07) is 1.67. The number of rotatable bonds is 5. The van der Waals surface area contributed by atoms with Gasteiger partial charge in [0.05, 0.1) is 10.6 Å². The van der Waals surface area contributed by atoms with E-state index >= 15 is 4.39 Å². The van der Waals surface area contributed by atoms with E-state index in [4.69, 9.17) is 27.6 Å². The summed E-state index contributed by atoms with van der Waals surface area (Å²) >= 11 is 6.46. The average Bonchev–Trinajstić information content (AvgIpc) is 3.29. The van der Waals surface area contributed by atoms with E-state index < -0.39 is 34.9 Å². The molecule has 4 bridgehead atoms. The van der Waals surface area contributed by atoms with Crippen molar-refractivity contribution in [3.8, 4) is 5.75 Å². The highest BCUT2D eigenvalue weighted by Crippen LogP contribution is 2.59. The molecular weight excluding hydrogens is 483 g/mol. The maximum absolute atomic E-state index is 15.2. The van der Waals surface area contributed by atoms with E-state index in [0.29, 0.717) is 31.2 Å². The molecule has 5 fully saturated rings. The number of amides is 1. The zero-order valence-electron chi connectivity index (χ0n) is 21.2. The Balaban J connectivity index is 1.31. The molecule has 194 valence electrons. The van der Waals surface area contributed by atoms with Gasteiger partial charge in [0.1, 0.15) is 23.2 Å². The maximum atomic E-state index is 15.2. The number of ether oxygens (including phenoxy) is 2. The van der Waals surface area contributed by atoms with Crippen molar-refractivity contribution in [2.45, 2.75) is 82.9 Å². The van der Waals surface area contributed by atoms with Crippen LogP contribution in [0.1, 0.15) is 76.1 Å². The fourth-order valence-corrected chi connectivity index (χ4v) is 7.44. The summed E-state index contributed by atoms with van der Waals surface area (Å²) in [5.41, 5.74) is -1.46. The first-order valence-corrected chi connectivity index (χ1v) is 13.4. The summed E-state index contributed by atoms with van der Waals surface area (Å²) in [5.74, 6) is 0.399. The fourth-order valence-electron chi connectivity index (χ4n) is 7.23. The van der Waals surface area contributed by atoms with Gasteiger partial charge < -0.3 is 19.2 Å². The number of hydrogen-bond donors (Lipinski definition) is 0. The number of benzene rings is 1. The van der Waals surface area contributed by atoms with Crippen LogP contribution in [-0.4, -0.2) is 47.1 Å². The van der Waals surface area contributed by atoms with Crippen LogP contribution in [0, 0.1) is 36.1 Å². The van der Waals surface area contributed by atoms with E-state index in [0.717, 1.165) is 43.6 Å². The van der Waals surface area contributed by atoms with Gasteiger partial charge in [-0.3, -0.25) is 4.79 Å². The van der Waals surface area contributed by atoms with Crippen molar-refractivity contribution in [3.63, 3.8) is 0 Å². The largest absolute Gasteiger partial charge is 0.483 e. The first-order valence-electron chi connectivity index (χ1n) is 13.0. The van der Waals surface area contributed by atoms with Gasteiger partial charge in [-0.2, -0.15) is 0 Å². The minimum Gasteiger partial charge on any atom is -0.483 e. The standard InChI is InChI=1S/C28H34ClFN2O4/c1-27(2,3)36-26(34)23-6-5-7-32(23)25(33)20-13-21(29)24(14-22(20)30)35-15-28(31-4)18-9-16-8-17(11-18)12-19(28)10-16/h13-14,16-19,23H,5-12,15H2,1-3H3/t16?,17?,18?,19?,23-,28?/m0/s1. The van der Waals surface area contributed by atoms with Gasteiger partial charge in [0, 0.05) is 24.4 Å². The number of carbonyl (C=O) groups is 2. The molecule has 0 radical (unpaired) electrons. The third-order valence-corrected chi connectivity index (χ3v) is 8.96. The molecule has 5 aliphatic rings. The predicted molar refractivity (Wildman–Crippen MR) is 133 cm³/mol. The van der Waals surface area contributed by atoms with E-state index in [1.807, 2.05) is 0 Å². The normalized spacial score (nSPS) is 32.9. The molecule has 1 heterocycles. The van der Waals surface area contributed by atoms with Gasteiger partial charge in [-0.25, -0.2) is 15.8 Å². The molecule has 1 atom stereocenters. The lowest BCUT2D eigenvalue weighted by Crippen LogP contribution is -2.58. The molecule has 8 heteroatoms. The highest BCUT2D eigenvalue weighted by molar-refractivity contribution is 6.32. The van der Waals surface area contributed by atoms with Crippen molar-refractivity contribution in [2.75, 3.05) is 13.2 Å². The monoisotopic (exact) mass is 516 g/mol. The van der Waals surface area contributed by atoms with Crippen LogP contribution in [0.15, 0.2) is 12.1 Å². The van der Waals surface area contributed by atoms with Crippen molar-refractivity contribution in [2.24, 2.45) is 23.7 Å². The maximum Gasteiger partial charge on any atom is 0.329 e. The zero-order valence-corrected chi connectivity index (χ0v) is 21.9. The van der Waals surface area contributed by atoms with Gasteiger partial charge in [0.25, 0.3) is 11.4 Å². The van der Waals surface area contributed by atoms with Crippen LogP contribution in [-0.2, 0) is 9.53 Å². The molecule has 0 spiro atoms. The van der Waals surface area contributed by atoms with Crippen molar-refractivity contribution in [1.82, 2.24) is 4.90 Å². The lowest BCUT2D eigenvalue weighted by Gasteiger charge is -2.54. The second kappa shape index (κ2) is 9.20. The molecular formula is C28H34ClFN2O4. The molecule has 0 unspecified atom stereocenters. The lowest BCUT2D eigenvalue weighted by molar-refractivity contribution is -0.159. The van der Waals surface area contributed by atoms with E-state index in [9.17, 15) is 9.59 Å². The highest BCUT2D eigenvalue weighted by Gasteiger charge is 2.63. The van der Waals surface area contributed by atoms with E-state index in [1.165, 1.54) is 17.4 Å². The van der Waals surface area contributed by atoms with Gasteiger partial charge in [0.15, 0.2) is 6.61 Å². The average molecular weight is 517 g/mol. The summed E-state index contributed by atoms with van der Waals surface area (Å²) in [6.45, 7) is 13.9. The number of nitrogens with zero attached hydrogens (tertiary/aromatic N) is 2. The molecule has 6 rings (SSSR count). The second-order valence-corrected chi connectivity index (χ2v) is 12.6. The molecule has 0 aromatic heterocycles. The molecule has 6 nitrogen and oxygen atoms in total. The topological polar surface area (TPSA) is 60.2 Å². The molecule has 1 amide bonds. The number of likely N-dealkylation sites (tertiary alicyclic amines) is 1. The minimum absolute atomic E-state index is 0.122. The predicted octanol–water partition coefficient (Wildman–Crippen LogP) is 5.92. The quantitative estimate of drug-likeness (QED) is 0.360. The summed E-state index contributed by atoms with van der Waals surface area (Å²) in [4.78, 5) is 31.3. The van der Waals surface area contributed by atoms with Crippen molar-refractivity contribution < 1.29 is 23.5 Å². The van der Waals surface area contributed by atoms with Gasteiger partial charge in [-0.05, 0) is 83.6 Å². The van der Waals surface area contributed by atoms with Crippen LogP contribution >= 0.6 is 11.6 Å². The van der Waals surface area contributed by atoms with Crippen molar-refractivity contribution in [3.05, 3.63) is 40.0 Å². The Bertz CT molecular complexity index is 1080. The second-order valence-electron chi connectivity index (χ2n) is 12.1. The number of esters is 1. The Morgan fingerprint density at radius 1 is 1.17 bits per heavy atom. The third kappa shape index (κ3) is 4.47. The number of hydrogen-bond acceptors (Lipinski definition) is 4. The van der Waals surface area contributed by atoms with Gasteiger partial charge in [0.2, 0.25) is 0 Å². The van der Waals surface area contributed by atoms with Crippen LogP contribution in [0.25, 0.3) is 4.85 Å². The number of halogens is 2. The van der Waals surface area contributed by atoms with Crippen LogP contribution < -0.4 is 4.74 Å². The van der Waals surface area contributed by atoms with E-state index in [1.54, 1.807) is 20.8 Å². The molecule has 4 aliphatic carbocycles. The Kier molecular flexibility index (Phi) is 6.47. The lowest BCUT2D eigenvalue weighted by atomic mass is 9.49. The molecule has 1 saturated heterocycles. The Hall–Kier alpha value is -2.33. The highest BCUT2D eigenvalue weighted by atomic mass is 35.5. The van der Waals surface area contributed by atoms with Crippen LogP contribution in [0.2, 0.25) is 5.02 Å². The van der Waals surface area contributed by atoms with Crippen LogP contribution in [0.3, 0.4) is 0 Å². The minimum atomic E-state index is -0.754. The SMILES string of the molecule is [C-]#[N+]C1(COc2cc(F)c(C(=O)N3CCC[C@H]3C(=O)OC(C)(C)C)cc2Cl)C2CC3CC(C2)CC1C3. The molecule has 1 aromatic rings. The molecule has 36 heavy (non-hydrogen) atoms. The Labute approximate surface area is 217 Å². The number of carbonyl (C=O) groups excluding carboxylic acids is 2. The van der Waals surface area contributed by atoms with Gasteiger partial charge >= 0.3 is 5.97 Å². The molecule has 1 aliphatic heterocycles. The summed E-state index contributed by atoms with van der Waals surface area (Å²) < 4.78 is 26.7. The summed E-state index contributed by atoms with van der Waals surface area (Å²) in [5, 5.41) is 0.122. The summed E-state index contributed by atoms with van der Waals surface area (Å²) in [7, 11) is 0. The van der Waals surface area contributed by atoms with E-state index in [2.05, 4.69) is 4.85 Å². The fraction of sp³-hybridized carbons (Fsp3) is 0.679. The smallest absolute Gasteiger partial charge is 0.329 e. The van der Waals surface area contributed by atoms with Crippen LogP contribution in [0.4, 0.5) is 4.39 Å². The zero-order chi connectivity index (χ0) is 25.8. The molecule has 1 aromatic carbocycles.